The first kappa shape index (κ1) is 25.3. The first-order chi connectivity index (χ1) is 14.0. The predicted octanol–water partition coefficient (Wildman–Crippen LogP) is 1.73. The van der Waals surface area contributed by atoms with Crippen LogP contribution in [0.3, 0.4) is 0 Å². The van der Waals surface area contributed by atoms with Gasteiger partial charge in [-0.3, -0.25) is 0 Å². The van der Waals surface area contributed by atoms with Crippen LogP contribution < -0.4 is 0 Å². The summed E-state index contributed by atoms with van der Waals surface area (Å²) in [5, 5.41) is 0. The maximum Gasteiger partial charge on any atom is 0.330 e. The molecule has 0 saturated carbocycles. The number of rotatable bonds is 8. The number of hydrogen-bond acceptors (Lipinski definition) is 9. The summed E-state index contributed by atoms with van der Waals surface area (Å²) in [6.45, 7) is 3.12. The summed E-state index contributed by atoms with van der Waals surface area (Å²) in [6.07, 6.45) is 0. The third-order valence-corrected chi connectivity index (χ3v) is 12.0. The van der Waals surface area contributed by atoms with E-state index in [2.05, 4.69) is 3.63 Å². The third kappa shape index (κ3) is 5.28. The van der Waals surface area contributed by atoms with Crippen LogP contribution in [0.15, 0.2) is 58.3 Å². The van der Waals surface area contributed by atoms with E-state index in [0.717, 1.165) is 24.3 Å². The molecular weight excluding hydrogens is 502 g/mol. The SMILES string of the molecule is Cc1ccc(S(=O)(=O)C(F)S(=O)(=O)OS(=O)(=O)C(F)S(=O)(=O)c2ccc(C)cc2)cc1. The number of halogens is 2. The number of sulfone groups is 2. The van der Waals surface area contributed by atoms with E-state index in [4.69, 9.17) is 0 Å². The van der Waals surface area contributed by atoms with Crippen molar-refractivity contribution in [2.24, 2.45) is 0 Å². The Bertz CT molecular complexity index is 1270. The van der Waals surface area contributed by atoms with Crippen molar-refractivity contribution in [3.05, 3.63) is 59.7 Å². The van der Waals surface area contributed by atoms with Crippen LogP contribution in [0.25, 0.3) is 0 Å². The van der Waals surface area contributed by atoms with E-state index < -0.39 is 59.4 Å². The Kier molecular flexibility index (Phi) is 6.97. The fourth-order valence-electron chi connectivity index (χ4n) is 2.17. The number of alkyl halides is 2. The summed E-state index contributed by atoms with van der Waals surface area (Å²) in [6, 6.07) is 8.32. The van der Waals surface area contributed by atoms with Gasteiger partial charge in [0.15, 0.2) is 0 Å². The van der Waals surface area contributed by atoms with E-state index in [1.807, 2.05) is 0 Å². The standard InChI is InChI=1S/C16H16F2O9S4/c1-11-3-7-13(8-4-11)28(19,20)15(17)30(23,24)27-31(25,26)16(18)29(21,22)14-9-5-12(2)6-10-14/h3-10,15-16H,1-2H3. The molecule has 9 nitrogen and oxygen atoms in total. The molecule has 0 aliphatic carbocycles. The van der Waals surface area contributed by atoms with Crippen LogP contribution in [-0.4, -0.2) is 43.3 Å². The van der Waals surface area contributed by atoms with Gasteiger partial charge in [0.1, 0.15) is 0 Å². The van der Waals surface area contributed by atoms with Crippen LogP contribution in [0.4, 0.5) is 8.78 Å². The minimum atomic E-state index is -6.18. The zero-order valence-electron chi connectivity index (χ0n) is 15.8. The monoisotopic (exact) mass is 518 g/mol. The van der Waals surface area contributed by atoms with Gasteiger partial charge in [0.05, 0.1) is 9.79 Å². The first-order valence-corrected chi connectivity index (χ1v) is 14.1. The molecule has 172 valence electrons. The molecule has 0 aromatic heterocycles. The van der Waals surface area contributed by atoms with Crippen LogP contribution in [0, 0.1) is 13.8 Å². The highest BCUT2D eigenvalue weighted by Gasteiger charge is 2.48. The van der Waals surface area contributed by atoms with E-state index >= 15 is 0 Å². The quantitative estimate of drug-likeness (QED) is 0.510. The second kappa shape index (κ2) is 8.54. The molecule has 0 heterocycles. The topological polar surface area (TPSA) is 146 Å². The molecule has 0 saturated heterocycles. The van der Waals surface area contributed by atoms with Gasteiger partial charge in [-0.15, -0.1) is 3.63 Å². The van der Waals surface area contributed by atoms with Crippen LogP contribution in [-0.2, 0) is 43.5 Å². The second-order valence-corrected chi connectivity index (χ2v) is 14.2. The molecule has 15 heteroatoms. The highest BCUT2D eigenvalue weighted by molar-refractivity contribution is 8.13. The zero-order chi connectivity index (χ0) is 23.8. The molecule has 0 aliphatic heterocycles. The molecule has 2 atom stereocenters. The van der Waals surface area contributed by atoms with E-state index in [-0.39, 0.29) is 0 Å². The lowest BCUT2D eigenvalue weighted by molar-refractivity contribution is 0.396. The predicted molar refractivity (Wildman–Crippen MR) is 105 cm³/mol. The van der Waals surface area contributed by atoms with Crippen molar-refractivity contribution in [3.8, 4) is 0 Å². The Morgan fingerprint density at radius 3 is 1.10 bits per heavy atom. The first-order valence-electron chi connectivity index (χ1n) is 8.10. The number of aryl methyl sites for hydroxylation is 2. The summed E-state index contributed by atoms with van der Waals surface area (Å²) >= 11 is 0. The summed E-state index contributed by atoms with van der Waals surface area (Å²) < 4.78 is 129. The molecule has 0 N–H and O–H groups in total. The maximum atomic E-state index is 14.4. The van der Waals surface area contributed by atoms with Crippen molar-refractivity contribution in [1.29, 1.82) is 0 Å². The highest BCUT2D eigenvalue weighted by atomic mass is 32.3. The summed E-state index contributed by atoms with van der Waals surface area (Å²) in [4.78, 5) is -9.57. The smallest absolute Gasteiger partial charge is 0.219 e. The fourth-order valence-corrected chi connectivity index (χ4v) is 8.91. The normalized spacial score (nSPS) is 15.4. The van der Waals surface area contributed by atoms with Gasteiger partial charge in [0.2, 0.25) is 19.7 Å². The third-order valence-electron chi connectivity index (χ3n) is 3.83. The van der Waals surface area contributed by atoms with Gasteiger partial charge in [-0.05, 0) is 38.1 Å². The molecule has 31 heavy (non-hydrogen) atoms. The van der Waals surface area contributed by atoms with Crippen molar-refractivity contribution in [2.75, 3.05) is 0 Å². The van der Waals surface area contributed by atoms with Crippen LogP contribution in [0.1, 0.15) is 11.1 Å². The Hall–Kier alpha value is -1.94. The van der Waals surface area contributed by atoms with Gasteiger partial charge in [-0.2, -0.15) is 16.8 Å². The van der Waals surface area contributed by atoms with E-state index in [9.17, 15) is 42.5 Å². The fraction of sp³-hybridized carbons (Fsp3) is 0.250. The highest BCUT2D eigenvalue weighted by Crippen LogP contribution is 2.28. The molecule has 0 radical (unpaired) electrons. The lowest BCUT2D eigenvalue weighted by atomic mass is 10.2. The number of hydrogen-bond donors (Lipinski definition) is 0. The van der Waals surface area contributed by atoms with Gasteiger partial charge < -0.3 is 0 Å². The number of benzene rings is 2. The van der Waals surface area contributed by atoms with Crippen molar-refractivity contribution in [3.63, 3.8) is 0 Å². The van der Waals surface area contributed by atoms with Crippen molar-refractivity contribution < 1.29 is 46.1 Å². The molecule has 0 spiro atoms. The lowest BCUT2D eigenvalue weighted by Crippen LogP contribution is -2.35. The van der Waals surface area contributed by atoms with Crippen molar-refractivity contribution in [1.82, 2.24) is 0 Å². The summed E-state index contributed by atoms with van der Waals surface area (Å²) in [5.74, 6) is 0. The average molecular weight is 519 g/mol. The zero-order valence-corrected chi connectivity index (χ0v) is 19.1. The minimum absolute atomic E-state index is 0.553. The Morgan fingerprint density at radius 2 is 0.839 bits per heavy atom. The van der Waals surface area contributed by atoms with Gasteiger partial charge in [-0.25, -0.2) is 25.6 Å². The molecule has 0 amide bonds. The Labute approximate surface area is 178 Å². The molecular formula is C16H16F2O9S4. The van der Waals surface area contributed by atoms with Crippen molar-refractivity contribution >= 4 is 39.9 Å². The second-order valence-electron chi connectivity index (χ2n) is 6.32. The molecule has 0 aliphatic rings. The molecule has 2 unspecified atom stereocenters. The molecule has 2 aromatic carbocycles. The molecule has 0 bridgehead atoms. The Balaban J connectivity index is 2.38. The lowest BCUT2D eigenvalue weighted by Gasteiger charge is -2.14. The average Bonchev–Trinajstić information content (AvgIpc) is 2.66. The molecule has 2 rings (SSSR count). The van der Waals surface area contributed by atoms with Crippen molar-refractivity contribution in [2.45, 2.75) is 33.3 Å². The van der Waals surface area contributed by atoms with Gasteiger partial charge >= 0.3 is 29.9 Å². The van der Waals surface area contributed by atoms with Crippen LogP contribution in [0.5, 0.6) is 0 Å². The molecule has 2 aromatic rings. The van der Waals surface area contributed by atoms with Crippen LogP contribution in [0.2, 0.25) is 0 Å². The Morgan fingerprint density at radius 1 is 0.581 bits per heavy atom. The van der Waals surface area contributed by atoms with Crippen LogP contribution >= 0.6 is 0 Å². The van der Waals surface area contributed by atoms with E-state index in [1.165, 1.54) is 24.3 Å². The maximum absolute atomic E-state index is 14.4. The van der Waals surface area contributed by atoms with E-state index in [0.29, 0.717) is 11.1 Å². The summed E-state index contributed by atoms with van der Waals surface area (Å²) in [7, 11) is -23.0. The van der Waals surface area contributed by atoms with E-state index in [1.54, 1.807) is 13.8 Å². The minimum Gasteiger partial charge on any atom is -0.219 e. The van der Waals surface area contributed by atoms with Gasteiger partial charge in [-0.1, -0.05) is 35.4 Å². The molecule has 0 fully saturated rings. The largest absolute Gasteiger partial charge is 0.330 e. The summed E-state index contributed by atoms with van der Waals surface area (Å²) in [5.41, 5.74) is 1.11. The van der Waals surface area contributed by atoms with Gasteiger partial charge in [0.25, 0.3) is 0 Å². The van der Waals surface area contributed by atoms with Gasteiger partial charge in [0, 0.05) is 0 Å².